The van der Waals surface area contributed by atoms with Gasteiger partial charge >= 0.3 is 0 Å². The monoisotopic (exact) mass is 224 g/mol. The number of rotatable bonds is 3. The van der Waals surface area contributed by atoms with Crippen LogP contribution in [0.15, 0.2) is 4.99 Å². The van der Waals surface area contributed by atoms with E-state index in [1.165, 1.54) is 0 Å². The predicted molar refractivity (Wildman–Crippen MR) is 60.8 cm³/mol. The number of aliphatic imine (C=N–C) groups is 1. The summed E-state index contributed by atoms with van der Waals surface area (Å²) < 4.78 is 1.56. The maximum Gasteiger partial charge on any atom is 0.241 e. The highest BCUT2D eigenvalue weighted by molar-refractivity contribution is 6.00. The van der Waals surface area contributed by atoms with E-state index in [9.17, 15) is 9.90 Å². The molecule has 0 aliphatic heterocycles. The second-order valence-corrected chi connectivity index (χ2v) is 3.47. The molecule has 0 bridgehead atoms. The van der Waals surface area contributed by atoms with Crippen LogP contribution in [0.4, 0.5) is 0 Å². The van der Waals surface area contributed by atoms with Gasteiger partial charge in [0.1, 0.15) is 18.1 Å². The van der Waals surface area contributed by atoms with Gasteiger partial charge < -0.3 is 15.0 Å². The van der Waals surface area contributed by atoms with Crippen LogP contribution >= 0.6 is 0 Å². The molecule has 0 fully saturated rings. The number of nitrogens with one attached hydrogen (secondary N) is 1. The van der Waals surface area contributed by atoms with Crippen molar-refractivity contribution in [1.29, 1.82) is 0 Å². The molecule has 6 heteroatoms. The minimum Gasteiger partial charge on any atom is -0.493 e. The van der Waals surface area contributed by atoms with Gasteiger partial charge in [-0.1, -0.05) is 0 Å². The van der Waals surface area contributed by atoms with Crippen molar-refractivity contribution in [2.75, 3.05) is 13.6 Å². The minimum atomic E-state index is -0.175. The first-order valence-corrected chi connectivity index (χ1v) is 4.91. The Hall–Kier alpha value is -1.85. The molecule has 0 saturated carbocycles. The van der Waals surface area contributed by atoms with Crippen LogP contribution in [0.5, 0.6) is 5.88 Å². The van der Waals surface area contributed by atoms with Gasteiger partial charge in [0.15, 0.2) is 0 Å². The Morgan fingerprint density at radius 3 is 2.69 bits per heavy atom. The molecule has 1 aromatic heterocycles. The van der Waals surface area contributed by atoms with Crippen molar-refractivity contribution in [3.05, 3.63) is 11.5 Å². The molecule has 1 heterocycles. The Kier molecular flexibility index (Phi) is 3.65. The third-order valence-electron chi connectivity index (χ3n) is 2.37. The molecule has 0 spiro atoms. The number of hydrogen-bond donors (Lipinski definition) is 2. The first-order valence-electron chi connectivity index (χ1n) is 4.91. The summed E-state index contributed by atoms with van der Waals surface area (Å²) in [4.78, 5) is 19.2. The van der Waals surface area contributed by atoms with E-state index in [1.54, 1.807) is 32.5 Å². The lowest BCUT2D eigenvalue weighted by Crippen LogP contribution is -2.21. The van der Waals surface area contributed by atoms with E-state index in [0.717, 1.165) is 0 Å². The number of hydrogen-bond acceptors (Lipinski definition) is 4. The summed E-state index contributed by atoms with van der Waals surface area (Å²) in [5.74, 6) is 0.587. The summed E-state index contributed by atoms with van der Waals surface area (Å²) in [5.41, 5.74) is 0.966. The number of carbonyl (C=O) groups is 1. The number of amides is 1. The van der Waals surface area contributed by atoms with E-state index in [2.05, 4.69) is 15.3 Å². The van der Waals surface area contributed by atoms with E-state index >= 15 is 0 Å². The molecule has 1 rings (SSSR count). The minimum absolute atomic E-state index is 0.0391. The zero-order valence-electron chi connectivity index (χ0n) is 9.90. The van der Waals surface area contributed by atoms with E-state index < -0.39 is 0 Å². The molecule has 0 unspecified atom stereocenters. The fourth-order valence-corrected chi connectivity index (χ4v) is 1.19. The van der Waals surface area contributed by atoms with Crippen molar-refractivity contribution in [2.24, 2.45) is 12.0 Å². The highest BCUT2D eigenvalue weighted by Crippen LogP contribution is 2.17. The number of likely N-dealkylation sites (N-methyl/N-ethyl adjacent to an activating group) is 1. The topological polar surface area (TPSA) is 79.5 Å². The fourth-order valence-electron chi connectivity index (χ4n) is 1.19. The van der Waals surface area contributed by atoms with Gasteiger partial charge in [0.2, 0.25) is 11.8 Å². The van der Waals surface area contributed by atoms with Crippen molar-refractivity contribution in [3.8, 4) is 5.88 Å². The summed E-state index contributed by atoms with van der Waals surface area (Å²) >= 11 is 0. The molecule has 0 atom stereocenters. The van der Waals surface area contributed by atoms with Crippen LogP contribution in [-0.2, 0) is 11.8 Å². The van der Waals surface area contributed by atoms with Crippen LogP contribution in [0.3, 0.4) is 0 Å². The van der Waals surface area contributed by atoms with Crippen LogP contribution in [0, 0.1) is 6.92 Å². The summed E-state index contributed by atoms with van der Waals surface area (Å²) in [5, 5.41) is 12.2. The van der Waals surface area contributed by atoms with Crippen molar-refractivity contribution >= 4 is 11.6 Å². The van der Waals surface area contributed by atoms with Crippen LogP contribution in [0.25, 0.3) is 0 Å². The van der Waals surface area contributed by atoms with Gasteiger partial charge in [-0.25, -0.2) is 4.98 Å². The highest BCUT2D eigenvalue weighted by Gasteiger charge is 2.13. The molecule has 1 amide bonds. The van der Waals surface area contributed by atoms with E-state index in [1.807, 2.05) is 0 Å². The number of nitrogens with zero attached hydrogens (tertiary/aromatic N) is 3. The summed E-state index contributed by atoms with van der Waals surface area (Å²) in [6, 6.07) is 0. The van der Waals surface area contributed by atoms with Crippen molar-refractivity contribution in [3.63, 3.8) is 0 Å². The Morgan fingerprint density at radius 1 is 1.62 bits per heavy atom. The molecular weight excluding hydrogens is 208 g/mol. The number of imidazole rings is 1. The molecular formula is C10H16N4O2. The Morgan fingerprint density at radius 2 is 2.25 bits per heavy atom. The van der Waals surface area contributed by atoms with Crippen LogP contribution in [-0.4, -0.2) is 39.9 Å². The number of aryl methyl sites for hydroxylation is 1. The standard InChI is InChI=1S/C10H16N4O2/c1-6(12-5-8(15)11-3)9-10(16)14(4)7(2)13-9/h16H,5H2,1-4H3,(H,11,15). The molecule has 0 radical (unpaired) electrons. The largest absolute Gasteiger partial charge is 0.493 e. The maximum atomic E-state index is 11.0. The van der Waals surface area contributed by atoms with Gasteiger partial charge in [-0.05, 0) is 13.8 Å². The second kappa shape index (κ2) is 4.78. The molecule has 0 aliphatic rings. The van der Waals surface area contributed by atoms with Crippen LogP contribution in [0.2, 0.25) is 0 Å². The lowest BCUT2D eigenvalue weighted by atomic mass is 10.3. The van der Waals surface area contributed by atoms with Crippen LogP contribution < -0.4 is 5.32 Å². The lowest BCUT2D eigenvalue weighted by Gasteiger charge is -1.99. The smallest absolute Gasteiger partial charge is 0.241 e. The fraction of sp³-hybridized carbons (Fsp3) is 0.500. The van der Waals surface area contributed by atoms with Gasteiger partial charge in [-0.15, -0.1) is 0 Å². The van der Waals surface area contributed by atoms with Gasteiger partial charge in [-0.3, -0.25) is 9.79 Å². The molecule has 6 nitrogen and oxygen atoms in total. The van der Waals surface area contributed by atoms with Crippen LogP contribution in [0.1, 0.15) is 18.4 Å². The van der Waals surface area contributed by atoms with Crippen molar-refractivity contribution < 1.29 is 9.90 Å². The SMILES string of the molecule is CNC(=O)CN=C(C)c1nc(C)n(C)c1O. The average Bonchev–Trinajstić information content (AvgIpc) is 2.53. The third-order valence-corrected chi connectivity index (χ3v) is 2.37. The van der Waals surface area contributed by atoms with Crippen molar-refractivity contribution in [2.45, 2.75) is 13.8 Å². The summed E-state index contributed by atoms with van der Waals surface area (Å²) in [6.45, 7) is 3.54. The quantitative estimate of drug-likeness (QED) is 0.709. The van der Waals surface area contributed by atoms with E-state index in [-0.39, 0.29) is 18.3 Å². The predicted octanol–water partition coefficient (Wildman–Crippen LogP) is -0.0109. The molecule has 16 heavy (non-hydrogen) atoms. The second-order valence-electron chi connectivity index (χ2n) is 3.47. The van der Waals surface area contributed by atoms with E-state index in [4.69, 9.17) is 0 Å². The Labute approximate surface area is 94.0 Å². The molecule has 0 aliphatic carbocycles. The lowest BCUT2D eigenvalue weighted by molar-refractivity contribution is -0.119. The first-order chi connectivity index (χ1) is 7.47. The van der Waals surface area contributed by atoms with Crippen molar-refractivity contribution in [1.82, 2.24) is 14.9 Å². The molecule has 2 N–H and O–H groups in total. The van der Waals surface area contributed by atoms with Gasteiger partial charge in [0.25, 0.3) is 0 Å². The average molecular weight is 224 g/mol. The number of carbonyl (C=O) groups excluding carboxylic acids is 1. The van der Waals surface area contributed by atoms with Gasteiger partial charge in [-0.2, -0.15) is 0 Å². The summed E-state index contributed by atoms with van der Waals surface area (Å²) in [6.07, 6.45) is 0. The third kappa shape index (κ3) is 2.39. The normalized spacial score (nSPS) is 11.6. The number of aromatic hydroxyl groups is 1. The first kappa shape index (κ1) is 12.2. The summed E-state index contributed by atoms with van der Waals surface area (Å²) in [7, 11) is 3.27. The highest BCUT2D eigenvalue weighted by atomic mass is 16.3. The number of aromatic nitrogens is 2. The zero-order chi connectivity index (χ0) is 12.3. The van der Waals surface area contributed by atoms with Gasteiger partial charge in [0.05, 0.1) is 5.71 Å². The molecule has 88 valence electrons. The Bertz CT molecular complexity index is 434. The molecule has 0 saturated heterocycles. The Balaban J connectivity index is 2.92. The van der Waals surface area contributed by atoms with Gasteiger partial charge in [0, 0.05) is 14.1 Å². The molecule has 1 aromatic rings. The molecule has 0 aromatic carbocycles. The maximum absolute atomic E-state index is 11.0. The van der Waals surface area contributed by atoms with E-state index in [0.29, 0.717) is 17.2 Å². The zero-order valence-corrected chi connectivity index (χ0v) is 9.90.